The molecule has 0 saturated carbocycles. The van der Waals surface area contributed by atoms with Crippen molar-refractivity contribution < 1.29 is 14.3 Å². The lowest BCUT2D eigenvalue weighted by Gasteiger charge is -2.41. The van der Waals surface area contributed by atoms with E-state index in [0.717, 1.165) is 0 Å². The summed E-state index contributed by atoms with van der Waals surface area (Å²) < 4.78 is 10.4. The Labute approximate surface area is 128 Å². The molecular formula is C13H22N4O3S. The molecule has 0 unspecified atom stereocenters. The standard InChI is InChI=1S/C13H22N4O3S/c1-13(2)8-20-7-5-17(13)11(18)9-10(14)16-12(21-9)15-4-6-19-3/h4-8,14H2,1-3H3,(H,15,16). The highest BCUT2D eigenvalue weighted by molar-refractivity contribution is 7.18. The van der Waals surface area contributed by atoms with Crippen LogP contribution in [0.3, 0.4) is 0 Å². The van der Waals surface area contributed by atoms with E-state index in [-0.39, 0.29) is 17.3 Å². The molecule has 1 amide bonds. The van der Waals surface area contributed by atoms with Crippen molar-refractivity contribution >= 4 is 28.2 Å². The number of carbonyl (C=O) groups is 1. The van der Waals surface area contributed by atoms with Crippen LogP contribution in [0.25, 0.3) is 0 Å². The number of aromatic nitrogens is 1. The van der Waals surface area contributed by atoms with Crippen LogP contribution >= 0.6 is 11.3 Å². The summed E-state index contributed by atoms with van der Waals surface area (Å²) >= 11 is 1.28. The smallest absolute Gasteiger partial charge is 0.268 e. The third-order valence-electron chi connectivity index (χ3n) is 3.32. The Balaban J connectivity index is 2.11. The van der Waals surface area contributed by atoms with Gasteiger partial charge in [-0.25, -0.2) is 4.98 Å². The van der Waals surface area contributed by atoms with Crippen molar-refractivity contribution in [2.75, 3.05) is 51.1 Å². The first kappa shape index (κ1) is 16.0. The Morgan fingerprint density at radius 1 is 1.62 bits per heavy atom. The highest BCUT2D eigenvalue weighted by Gasteiger charge is 2.36. The summed E-state index contributed by atoms with van der Waals surface area (Å²) in [6.45, 7) is 6.80. The first-order chi connectivity index (χ1) is 9.95. The van der Waals surface area contributed by atoms with Crippen LogP contribution in [-0.4, -0.2) is 61.3 Å². The number of thiazole rings is 1. The van der Waals surface area contributed by atoms with E-state index in [0.29, 0.717) is 42.9 Å². The first-order valence-electron chi connectivity index (χ1n) is 6.84. The van der Waals surface area contributed by atoms with Gasteiger partial charge < -0.3 is 25.4 Å². The molecule has 1 aromatic heterocycles. The van der Waals surface area contributed by atoms with Gasteiger partial charge in [0.15, 0.2) is 5.13 Å². The minimum absolute atomic E-state index is 0.0851. The average molecular weight is 314 g/mol. The second-order valence-corrected chi connectivity index (χ2v) is 6.47. The van der Waals surface area contributed by atoms with E-state index in [1.54, 1.807) is 12.0 Å². The van der Waals surface area contributed by atoms with Crippen LogP contribution in [-0.2, 0) is 9.47 Å². The van der Waals surface area contributed by atoms with Gasteiger partial charge in [0.1, 0.15) is 10.7 Å². The molecule has 0 aromatic carbocycles. The van der Waals surface area contributed by atoms with Crippen molar-refractivity contribution in [2.45, 2.75) is 19.4 Å². The lowest BCUT2D eigenvalue weighted by Crippen LogP contribution is -2.55. The third kappa shape index (κ3) is 3.63. The van der Waals surface area contributed by atoms with Crippen LogP contribution in [0.5, 0.6) is 0 Å². The van der Waals surface area contributed by atoms with Crippen LogP contribution in [0.15, 0.2) is 0 Å². The lowest BCUT2D eigenvalue weighted by molar-refractivity contribution is -0.0368. The fraction of sp³-hybridized carbons (Fsp3) is 0.692. The molecule has 2 heterocycles. The van der Waals surface area contributed by atoms with Gasteiger partial charge in [-0.3, -0.25) is 4.79 Å². The highest BCUT2D eigenvalue weighted by atomic mass is 32.1. The van der Waals surface area contributed by atoms with Crippen molar-refractivity contribution in [3.8, 4) is 0 Å². The molecule has 0 bridgehead atoms. The van der Waals surface area contributed by atoms with Gasteiger partial charge in [-0.2, -0.15) is 0 Å². The zero-order valence-electron chi connectivity index (χ0n) is 12.6. The number of nitrogens with zero attached hydrogens (tertiary/aromatic N) is 2. The van der Waals surface area contributed by atoms with Gasteiger partial charge in [0.2, 0.25) is 0 Å². The number of rotatable bonds is 5. The third-order valence-corrected chi connectivity index (χ3v) is 4.34. The Morgan fingerprint density at radius 3 is 3.05 bits per heavy atom. The molecule has 3 N–H and O–H groups in total. The first-order valence-corrected chi connectivity index (χ1v) is 7.66. The van der Waals surface area contributed by atoms with E-state index in [2.05, 4.69) is 10.3 Å². The van der Waals surface area contributed by atoms with E-state index in [1.807, 2.05) is 13.8 Å². The van der Waals surface area contributed by atoms with E-state index in [1.165, 1.54) is 11.3 Å². The summed E-state index contributed by atoms with van der Waals surface area (Å²) in [5.41, 5.74) is 5.55. The topological polar surface area (TPSA) is 89.7 Å². The van der Waals surface area contributed by atoms with Crippen LogP contribution in [0.1, 0.15) is 23.5 Å². The second kappa shape index (κ2) is 6.59. The van der Waals surface area contributed by atoms with Crippen molar-refractivity contribution in [1.82, 2.24) is 9.88 Å². The van der Waals surface area contributed by atoms with E-state index in [4.69, 9.17) is 15.2 Å². The van der Waals surface area contributed by atoms with Crippen molar-refractivity contribution in [3.05, 3.63) is 4.88 Å². The predicted molar refractivity (Wildman–Crippen MR) is 82.8 cm³/mol. The molecule has 21 heavy (non-hydrogen) atoms. The molecule has 1 saturated heterocycles. The van der Waals surface area contributed by atoms with Gasteiger partial charge in [0, 0.05) is 20.2 Å². The molecule has 7 nitrogen and oxygen atoms in total. The number of methoxy groups -OCH3 is 1. The number of ether oxygens (including phenoxy) is 2. The van der Waals surface area contributed by atoms with Gasteiger partial charge >= 0.3 is 0 Å². The Bertz CT molecular complexity index is 504. The van der Waals surface area contributed by atoms with Gasteiger partial charge in [-0.05, 0) is 13.8 Å². The van der Waals surface area contributed by atoms with Crippen LogP contribution in [0.2, 0.25) is 0 Å². The number of nitrogens with two attached hydrogens (primary N) is 1. The maximum Gasteiger partial charge on any atom is 0.268 e. The molecule has 1 aliphatic heterocycles. The Kier molecular flexibility index (Phi) is 5.02. The number of hydrogen-bond acceptors (Lipinski definition) is 7. The summed E-state index contributed by atoms with van der Waals surface area (Å²) in [5.74, 6) is 0.185. The molecule has 0 radical (unpaired) electrons. The van der Waals surface area contributed by atoms with Crippen molar-refractivity contribution in [3.63, 3.8) is 0 Å². The minimum Gasteiger partial charge on any atom is -0.383 e. The molecule has 2 rings (SSSR count). The summed E-state index contributed by atoms with van der Waals surface area (Å²) in [6.07, 6.45) is 0. The summed E-state index contributed by atoms with van der Waals surface area (Å²) in [7, 11) is 1.63. The molecule has 1 fully saturated rings. The van der Waals surface area contributed by atoms with Crippen molar-refractivity contribution in [2.24, 2.45) is 0 Å². The zero-order chi connectivity index (χ0) is 15.5. The maximum absolute atomic E-state index is 12.7. The summed E-state index contributed by atoms with van der Waals surface area (Å²) in [4.78, 5) is 19.2. The molecule has 0 aliphatic carbocycles. The second-order valence-electron chi connectivity index (χ2n) is 5.47. The van der Waals surface area contributed by atoms with Crippen molar-refractivity contribution in [1.29, 1.82) is 0 Å². The van der Waals surface area contributed by atoms with Crippen LogP contribution in [0.4, 0.5) is 10.9 Å². The van der Waals surface area contributed by atoms with Gasteiger partial charge in [0.25, 0.3) is 5.91 Å². The fourth-order valence-electron chi connectivity index (χ4n) is 2.18. The van der Waals surface area contributed by atoms with E-state index >= 15 is 0 Å². The van der Waals surface area contributed by atoms with E-state index < -0.39 is 0 Å². The van der Waals surface area contributed by atoms with Crippen LogP contribution < -0.4 is 11.1 Å². The number of carbonyl (C=O) groups excluding carboxylic acids is 1. The number of nitrogens with one attached hydrogen (secondary N) is 1. The quantitative estimate of drug-likeness (QED) is 0.789. The summed E-state index contributed by atoms with van der Waals surface area (Å²) in [5, 5.41) is 3.73. The molecule has 8 heteroatoms. The van der Waals surface area contributed by atoms with Gasteiger partial charge in [-0.1, -0.05) is 11.3 Å². The molecule has 1 aliphatic rings. The van der Waals surface area contributed by atoms with Gasteiger partial charge in [0.05, 0.1) is 25.4 Å². The monoisotopic (exact) mass is 314 g/mol. The minimum atomic E-state index is -0.338. The Hall–Kier alpha value is -1.38. The number of nitrogen functional groups attached to an aromatic ring is 1. The maximum atomic E-state index is 12.7. The van der Waals surface area contributed by atoms with E-state index in [9.17, 15) is 4.79 Å². The zero-order valence-corrected chi connectivity index (χ0v) is 13.5. The van der Waals surface area contributed by atoms with Crippen LogP contribution in [0, 0.1) is 0 Å². The highest BCUT2D eigenvalue weighted by Crippen LogP contribution is 2.29. The molecule has 1 aromatic rings. The molecular weight excluding hydrogens is 292 g/mol. The fourth-order valence-corrected chi connectivity index (χ4v) is 3.04. The summed E-state index contributed by atoms with van der Waals surface area (Å²) in [6, 6.07) is 0. The largest absolute Gasteiger partial charge is 0.383 e. The molecule has 0 spiro atoms. The number of morpholine rings is 1. The Morgan fingerprint density at radius 2 is 2.38 bits per heavy atom. The molecule has 118 valence electrons. The SMILES string of the molecule is COCCNc1nc(N)c(C(=O)N2CCOCC2(C)C)s1. The molecule has 0 atom stereocenters. The van der Waals surface area contributed by atoms with Gasteiger partial charge in [-0.15, -0.1) is 0 Å². The lowest BCUT2D eigenvalue weighted by atomic mass is 10.0. The number of hydrogen-bond donors (Lipinski definition) is 2. The number of amides is 1. The normalized spacial score (nSPS) is 17.8. The average Bonchev–Trinajstić information content (AvgIpc) is 2.79. The number of anilines is 2. The predicted octanol–water partition coefficient (Wildman–Crippen LogP) is 1.03.